The summed E-state index contributed by atoms with van der Waals surface area (Å²) in [7, 11) is 0. The second-order valence-corrected chi connectivity index (χ2v) is 4.87. The van der Waals surface area contributed by atoms with Gasteiger partial charge < -0.3 is 19.7 Å². The third kappa shape index (κ3) is 5.53. The van der Waals surface area contributed by atoms with E-state index in [0.29, 0.717) is 12.4 Å². The van der Waals surface area contributed by atoms with Gasteiger partial charge in [-0.1, -0.05) is 38.7 Å². The summed E-state index contributed by atoms with van der Waals surface area (Å²) in [6.45, 7) is 4.38. The lowest BCUT2D eigenvalue weighted by atomic mass is 10.0. The van der Waals surface area contributed by atoms with Gasteiger partial charge in [0.05, 0.1) is 6.61 Å². The molecule has 1 aromatic carbocycles. The third-order valence-electron chi connectivity index (χ3n) is 3.21. The van der Waals surface area contributed by atoms with Crippen molar-refractivity contribution in [3.63, 3.8) is 0 Å². The molecule has 0 atom stereocenters. The zero-order valence-corrected chi connectivity index (χ0v) is 12.7. The van der Waals surface area contributed by atoms with Gasteiger partial charge in [-0.15, -0.1) is 0 Å². The number of phenols is 1. The van der Waals surface area contributed by atoms with Crippen LogP contribution in [-0.2, 0) is 6.42 Å². The van der Waals surface area contributed by atoms with Crippen LogP contribution in [0.4, 0.5) is 4.79 Å². The number of ether oxygens (including phenoxy) is 2. The lowest BCUT2D eigenvalue weighted by molar-refractivity contribution is 0.142. The lowest BCUT2D eigenvalue weighted by Crippen LogP contribution is -2.05. The van der Waals surface area contributed by atoms with Crippen LogP contribution in [0.15, 0.2) is 12.1 Å². The molecule has 5 heteroatoms. The molecule has 0 spiro atoms. The van der Waals surface area contributed by atoms with Crippen molar-refractivity contribution in [1.82, 2.24) is 0 Å². The minimum absolute atomic E-state index is 0.0966. The predicted molar refractivity (Wildman–Crippen MR) is 80.4 cm³/mol. The van der Waals surface area contributed by atoms with Crippen LogP contribution in [0.25, 0.3) is 0 Å². The summed E-state index contributed by atoms with van der Waals surface area (Å²) in [6.07, 6.45) is 5.11. The number of carbonyl (C=O) groups is 1. The summed E-state index contributed by atoms with van der Waals surface area (Å²) in [5.41, 5.74) is 0.878. The first kappa shape index (κ1) is 17.1. The molecule has 118 valence electrons. The van der Waals surface area contributed by atoms with Gasteiger partial charge in [-0.3, -0.25) is 0 Å². The zero-order chi connectivity index (χ0) is 15.7. The van der Waals surface area contributed by atoms with E-state index in [4.69, 9.17) is 9.84 Å². The maximum atomic E-state index is 10.6. The molecule has 0 aliphatic carbocycles. The first-order chi connectivity index (χ1) is 10.1. The van der Waals surface area contributed by atoms with E-state index in [-0.39, 0.29) is 11.5 Å². The average molecular weight is 296 g/mol. The molecule has 0 saturated heterocycles. The van der Waals surface area contributed by atoms with Gasteiger partial charge in [-0.25, -0.2) is 4.79 Å². The van der Waals surface area contributed by atoms with E-state index in [9.17, 15) is 9.90 Å². The van der Waals surface area contributed by atoms with Gasteiger partial charge in [0, 0.05) is 0 Å². The Morgan fingerprint density at radius 3 is 2.48 bits per heavy atom. The number of rotatable bonds is 9. The molecule has 0 aliphatic rings. The number of hydrogen-bond donors (Lipinski definition) is 2. The summed E-state index contributed by atoms with van der Waals surface area (Å²) in [5.74, 6) is -0.0160. The molecule has 1 aromatic rings. The van der Waals surface area contributed by atoms with Crippen LogP contribution in [0, 0.1) is 0 Å². The van der Waals surface area contributed by atoms with Crippen molar-refractivity contribution in [3.05, 3.63) is 17.7 Å². The van der Waals surface area contributed by atoms with Crippen LogP contribution in [0.3, 0.4) is 0 Å². The maximum Gasteiger partial charge on any atom is 0.511 e. The van der Waals surface area contributed by atoms with Crippen LogP contribution < -0.4 is 9.47 Å². The SMILES string of the molecule is CCCCCCCc1ccc(OC(=O)O)c(O)c1OCC. The van der Waals surface area contributed by atoms with Crippen LogP contribution in [-0.4, -0.2) is 23.0 Å². The van der Waals surface area contributed by atoms with Crippen LogP contribution in [0.2, 0.25) is 0 Å². The largest absolute Gasteiger partial charge is 0.511 e. The number of benzene rings is 1. The minimum atomic E-state index is -1.46. The summed E-state index contributed by atoms with van der Waals surface area (Å²) >= 11 is 0. The van der Waals surface area contributed by atoms with E-state index < -0.39 is 6.16 Å². The fourth-order valence-electron chi connectivity index (χ4n) is 2.19. The molecule has 0 saturated carbocycles. The zero-order valence-electron chi connectivity index (χ0n) is 12.7. The summed E-state index contributed by atoms with van der Waals surface area (Å²) in [5, 5.41) is 18.7. The number of phenolic OH excluding ortho intramolecular Hbond substituents is 1. The smallest absolute Gasteiger partial charge is 0.502 e. The van der Waals surface area contributed by atoms with Crippen molar-refractivity contribution in [2.75, 3.05) is 6.61 Å². The molecule has 2 N–H and O–H groups in total. The molecule has 0 amide bonds. The first-order valence-electron chi connectivity index (χ1n) is 7.48. The van der Waals surface area contributed by atoms with Gasteiger partial charge in [-0.05, 0) is 31.4 Å². The topological polar surface area (TPSA) is 76.0 Å². The molecule has 0 bridgehead atoms. The Balaban J connectivity index is 2.78. The van der Waals surface area contributed by atoms with Crippen molar-refractivity contribution in [2.45, 2.75) is 52.4 Å². The molecule has 0 radical (unpaired) electrons. The van der Waals surface area contributed by atoms with E-state index in [1.807, 2.05) is 6.92 Å². The van der Waals surface area contributed by atoms with Crippen molar-refractivity contribution in [3.8, 4) is 17.2 Å². The molecule has 1 rings (SSSR count). The number of aromatic hydroxyl groups is 1. The quantitative estimate of drug-likeness (QED) is 0.402. The second-order valence-electron chi connectivity index (χ2n) is 4.87. The molecule has 0 aliphatic heterocycles. The van der Waals surface area contributed by atoms with E-state index in [0.717, 1.165) is 24.8 Å². The van der Waals surface area contributed by atoms with Crippen LogP contribution in [0.5, 0.6) is 17.2 Å². The molecule has 0 heterocycles. The minimum Gasteiger partial charge on any atom is -0.502 e. The molecular formula is C16H24O5. The number of carboxylic acid groups (broad SMARTS) is 1. The van der Waals surface area contributed by atoms with Gasteiger partial charge >= 0.3 is 6.16 Å². The van der Waals surface area contributed by atoms with Crippen molar-refractivity contribution in [2.24, 2.45) is 0 Å². The predicted octanol–water partition coefficient (Wildman–Crippen LogP) is 4.36. The van der Waals surface area contributed by atoms with Gasteiger partial charge in [-0.2, -0.15) is 0 Å². The Kier molecular flexibility index (Phi) is 7.43. The molecular weight excluding hydrogens is 272 g/mol. The summed E-state index contributed by atoms with van der Waals surface area (Å²) in [6, 6.07) is 3.22. The second kappa shape index (κ2) is 9.10. The summed E-state index contributed by atoms with van der Waals surface area (Å²) < 4.78 is 9.98. The number of hydrogen-bond acceptors (Lipinski definition) is 4. The summed E-state index contributed by atoms with van der Waals surface area (Å²) in [4.78, 5) is 10.6. The Labute approximate surface area is 125 Å². The van der Waals surface area contributed by atoms with E-state index in [1.54, 1.807) is 6.07 Å². The Hall–Kier alpha value is -1.91. The average Bonchev–Trinajstić information content (AvgIpc) is 2.44. The Bertz CT molecular complexity index is 456. The monoisotopic (exact) mass is 296 g/mol. The maximum absolute atomic E-state index is 10.6. The highest BCUT2D eigenvalue weighted by Gasteiger charge is 2.16. The number of unbranched alkanes of at least 4 members (excludes halogenated alkanes) is 4. The standard InChI is InChI=1S/C16H24O5/c1-3-5-6-7-8-9-12-10-11-13(21-16(18)19)14(17)15(12)20-4-2/h10-11,17H,3-9H2,1-2H3,(H,18,19). The number of aryl methyl sites for hydroxylation is 1. The van der Waals surface area contributed by atoms with Crippen LogP contribution >= 0.6 is 0 Å². The van der Waals surface area contributed by atoms with E-state index >= 15 is 0 Å². The highest BCUT2D eigenvalue weighted by Crippen LogP contribution is 2.39. The van der Waals surface area contributed by atoms with Gasteiger partial charge in [0.25, 0.3) is 0 Å². The molecule has 0 aromatic heterocycles. The Morgan fingerprint density at radius 1 is 1.14 bits per heavy atom. The molecule has 21 heavy (non-hydrogen) atoms. The fourth-order valence-corrected chi connectivity index (χ4v) is 2.19. The van der Waals surface area contributed by atoms with E-state index in [2.05, 4.69) is 11.7 Å². The highest BCUT2D eigenvalue weighted by molar-refractivity contribution is 5.65. The van der Waals surface area contributed by atoms with Gasteiger partial charge in [0.15, 0.2) is 11.5 Å². The van der Waals surface area contributed by atoms with Crippen molar-refractivity contribution >= 4 is 6.16 Å². The molecule has 5 nitrogen and oxygen atoms in total. The molecule has 0 fully saturated rings. The third-order valence-corrected chi connectivity index (χ3v) is 3.21. The molecule has 0 unspecified atom stereocenters. The normalized spacial score (nSPS) is 10.4. The Morgan fingerprint density at radius 2 is 1.86 bits per heavy atom. The lowest BCUT2D eigenvalue weighted by Gasteiger charge is -2.14. The highest BCUT2D eigenvalue weighted by atomic mass is 16.7. The van der Waals surface area contributed by atoms with Gasteiger partial charge in [0.1, 0.15) is 0 Å². The van der Waals surface area contributed by atoms with Crippen molar-refractivity contribution in [1.29, 1.82) is 0 Å². The van der Waals surface area contributed by atoms with E-state index in [1.165, 1.54) is 25.3 Å². The van der Waals surface area contributed by atoms with Crippen LogP contribution in [0.1, 0.15) is 51.5 Å². The fraction of sp³-hybridized carbons (Fsp3) is 0.562. The first-order valence-corrected chi connectivity index (χ1v) is 7.48. The van der Waals surface area contributed by atoms with Gasteiger partial charge in [0.2, 0.25) is 5.75 Å². The van der Waals surface area contributed by atoms with Crippen molar-refractivity contribution < 1.29 is 24.5 Å².